The molecule has 1 amide bonds. The van der Waals surface area contributed by atoms with Crippen LogP contribution in [-0.4, -0.2) is 32.3 Å². The van der Waals surface area contributed by atoms with E-state index in [0.29, 0.717) is 41.8 Å². The number of fused-ring (bicyclic) bond motifs is 4. The molecule has 0 fully saturated rings. The van der Waals surface area contributed by atoms with E-state index < -0.39 is 6.04 Å². The average Bonchev–Trinajstić information content (AvgIpc) is 3.15. The fraction of sp³-hybridized carbons (Fsp3) is 0.208. The molecule has 158 valence electrons. The highest BCUT2D eigenvalue weighted by Crippen LogP contribution is 2.37. The van der Waals surface area contributed by atoms with Crippen LogP contribution in [0.25, 0.3) is 21.9 Å². The van der Waals surface area contributed by atoms with Crippen molar-refractivity contribution in [3.8, 4) is 17.2 Å². The molecular formula is C24H22N2O5. The third-order valence-corrected chi connectivity index (χ3v) is 5.27. The molecule has 7 heteroatoms. The molecule has 2 heterocycles. The first-order valence-electron chi connectivity index (χ1n) is 10.1. The smallest absolute Gasteiger partial charge is 0.246 e. The number of benzene rings is 3. The molecule has 7 nitrogen and oxygen atoms in total. The Hall–Kier alpha value is -3.87. The van der Waals surface area contributed by atoms with Crippen molar-refractivity contribution in [1.29, 1.82) is 0 Å². The largest absolute Gasteiger partial charge is 0.495 e. The molecule has 1 atom stereocenters. The Morgan fingerprint density at radius 3 is 2.61 bits per heavy atom. The minimum atomic E-state index is -0.524. The Kier molecular flexibility index (Phi) is 4.78. The van der Waals surface area contributed by atoms with Crippen LogP contribution in [0.4, 0.5) is 11.4 Å². The summed E-state index contributed by atoms with van der Waals surface area (Å²) in [4.78, 5) is 12.8. The zero-order chi connectivity index (χ0) is 21.4. The fourth-order valence-corrected chi connectivity index (χ4v) is 3.70. The van der Waals surface area contributed by atoms with E-state index >= 15 is 0 Å². The minimum absolute atomic E-state index is 0.191. The van der Waals surface area contributed by atoms with Gasteiger partial charge in [-0.3, -0.25) is 4.79 Å². The summed E-state index contributed by atoms with van der Waals surface area (Å²) in [6, 6.07) is 16.5. The first-order valence-corrected chi connectivity index (χ1v) is 10.1. The maximum absolute atomic E-state index is 12.8. The number of methoxy groups -OCH3 is 1. The number of furan rings is 1. The Bertz CT molecular complexity index is 1280. The molecule has 0 bridgehead atoms. The van der Waals surface area contributed by atoms with E-state index in [2.05, 4.69) is 10.6 Å². The highest BCUT2D eigenvalue weighted by Gasteiger charge is 2.19. The minimum Gasteiger partial charge on any atom is -0.495 e. The van der Waals surface area contributed by atoms with Crippen molar-refractivity contribution < 1.29 is 23.4 Å². The van der Waals surface area contributed by atoms with Crippen LogP contribution in [-0.2, 0) is 4.79 Å². The van der Waals surface area contributed by atoms with Gasteiger partial charge in [-0.25, -0.2) is 0 Å². The van der Waals surface area contributed by atoms with Gasteiger partial charge in [0.15, 0.2) is 11.5 Å². The Balaban J connectivity index is 1.37. The number of amides is 1. The molecule has 0 saturated carbocycles. The first kappa shape index (κ1) is 19.1. The van der Waals surface area contributed by atoms with Gasteiger partial charge in [0.1, 0.15) is 36.2 Å². The van der Waals surface area contributed by atoms with Crippen LogP contribution in [0, 0.1) is 0 Å². The molecule has 5 rings (SSSR count). The van der Waals surface area contributed by atoms with Crippen molar-refractivity contribution in [2.45, 2.75) is 13.0 Å². The lowest BCUT2D eigenvalue weighted by Crippen LogP contribution is -2.32. The number of nitrogens with one attached hydrogen (secondary N) is 2. The molecule has 0 aliphatic carbocycles. The van der Waals surface area contributed by atoms with Crippen molar-refractivity contribution in [1.82, 2.24) is 0 Å². The number of rotatable bonds is 5. The fourth-order valence-electron chi connectivity index (χ4n) is 3.70. The van der Waals surface area contributed by atoms with Gasteiger partial charge in [-0.15, -0.1) is 0 Å². The van der Waals surface area contributed by atoms with Crippen molar-refractivity contribution in [3.63, 3.8) is 0 Å². The molecule has 2 N–H and O–H groups in total. The number of carbonyl (C=O) groups is 1. The monoisotopic (exact) mass is 418 g/mol. The maximum Gasteiger partial charge on any atom is 0.246 e. The molecule has 0 unspecified atom stereocenters. The average molecular weight is 418 g/mol. The Morgan fingerprint density at radius 2 is 1.77 bits per heavy atom. The molecule has 0 spiro atoms. The van der Waals surface area contributed by atoms with Gasteiger partial charge in [-0.2, -0.15) is 0 Å². The zero-order valence-electron chi connectivity index (χ0n) is 17.2. The van der Waals surface area contributed by atoms with E-state index in [4.69, 9.17) is 18.6 Å². The van der Waals surface area contributed by atoms with Crippen LogP contribution in [0.3, 0.4) is 0 Å². The summed E-state index contributed by atoms with van der Waals surface area (Å²) in [6.45, 7) is 2.80. The summed E-state index contributed by atoms with van der Waals surface area (Å²) in [7, 11) is 1.61. The molecule has 0 saturated heterocycles. The van der Waals surface area contributed by atoms with Gasteiger partial charge in [0.25, 0.3) is 0 Å². The van der Waals surface area contributed by atoms with Gasteiger partial charge < -0.3 is 29.3 Å². The maximum atomic E-state index is 12.8. The number of hydrogen-bond donors (Lipinski definition) is 2. The van der Waals surface area contributed by atoms with Gasteiger partial charge in [0, 0.05) is 28.6 Å². The van der Waals surface area contributed by atoms with Gasteiger partial charge in [0.2, 0.25) is 5.91 Å². The zero-order valence-corrected chi connectivity index (χ0v) is 17.2. The number of hydrogen-bond acceptors (Lipinski definition) is 6. The standard InChI is InChI=1S/C24H22N2O5/c1-14(24(27)26-15-7-8-20-23(11-15)30-10-9-29-20)25-18-13-21-17(12-22(18)28-2)16-5-3-4-6-19(16)31-21/h3-8,11-14,25H,9-10H2,1-2H3,(H,26,27)/t14-/m0/s1. The highest BCUT2D eigenvalue weighted by molar-refractivity contribution is 6.07. The summed E-state index contributed by atoms with van der Waals surface area (Å²) in [6.07, 6.45) is 0. The first-order chi connectivity index (χ1) is 15.1. The van der Waals surface area contributed by atoms with Crippen LogP contribution in [0.1, 0.15) is 6.92 Å². The molecule has 1 aliphatic rings. The molecular weight excluding hydrogens is 396 g/mol. The van der Waals surface area contributed by atoms with Crippen molar-refractivity contribution in [2.75, 3.05) is 31.0 Å². The summed E-state index contributed by atoms with van der Waals surface area (Å²) in [5, 5.41) is 8.12. The number of anilines is 2. The number of carbonyl (C=O) groups excluding carboxylic acids is 1. The van der Waals surface area contributed by atoms with Crippen LogP contribution >= 0.6 is 0 Å². The SMILES string of the molecule is COc1cc2c(cc1N[C@@H](C)C(=O)Nc1ccc3c(c1)OCCO3)oc1ccccc12. The van der Waals surface area contributed by atoms with Gasteiger partial charge >= 0.3 is 0 Å². The van der Waals surface area contributed by atoms with E-state index in [1.54, 1.807) is 32.2 Å². The number of ether oxygens (including phenoxy) is 3. The third-order valence-electron chi connectivity index (χ3n) is 5.27. The Morgan fingerprint density at radius 1 is 0.968 bits per heavy atom. The highest BCUT2D eigenvalue weighted by atomic mass is 16.6. The molecule has 0 radical (unpaired) electrons. The normalized spacial score (nSPS) is 13.7. The van der Waals surface area contributed by atoms with Crippen LogP contribution < -0.4 is 24.8 Å². The molecule has 1 aromatic heterocycles. The van der Waals surface area contributed by atoms with Crippen molar-refractivity contribution in [2.24, 2.45) is 0 Å². The van der Waals surface area contributed by atoms with E-state index in [1.165, 1.54) is 0 Å². The predicted molar refractivity (Wildman–Crippen MR) is 119 cm³/mol. The molecule has 3 aromatic carbocycles. The lowest BCUT2D eigenvalue weighted by molar-refractivity contribution is -0.116. The lowest BCUT2D eigenvalue weighted by atomic mass is 10.1. The van der Waals surface area contributed by atoms with Crippen molar-refractivity contribution in [3.05, 3.63) is 54.6 Å². The van der Waals surface area contributed by atoms with Crippen LogP contribution in [0.5, 0.6) is 17.2 Å². The van der Waals surface area contributed by atoms with Gasteiger partial charge in [0.05, 0.1) is 12.8 Å². The quantitative estimate of drug-likeness (QED) is 0.484. The number of para-hydroxylation sites is 1. The topological polar surface area (TPSA) is 82.0 Å². The predicted octanol–water partition coefficient (Wildman–Crippen LogP) is 4.80. The van der Waals surface area contributed by atoms with E-state index in [0.717, 1.165) is 21.9 Å². The van der Waals surface area contributed by atoms with Crippen LogP contribution in [0.2, 0.25) is 0 Å². The van der Waals surface area contributed by atoms with Gasteiger partial charge in [-0.1, -0.05) is 18.2 Å². The summed E-state index contributed by atoms with van der Waals surface area (Å²) in [5.41, 5.74) is 2.85. The molecule has 31 heavy (non-hydrogen) atoms. The van der Waals surface area contributed by atoms with E-state index in [-0.39, 0.29) is 5.91 Å². The molecule has 1 aliphatic heterocycles. The van der Waals surface area contributed by atoms with E-state index in [1.807, 2.05) is 36.4 Å². The second-order valence-electron chi connectivity index (χ2n) is 7.36. The summed E-state index contributed by atoms with van der Waals surface area (Å²) in [5.74, 6) is 1.75. The summed E-state index contributed by atoms with van der Waals surface area (Å²) >= 11 is 0. The third kappa shape index (κ3) is 3.59. The second-order valence-corrected chi connectivity index (χ2v) is 7.36. The lowest BCUT2D eigenvalue weighted by Gasteiger charge is -2.20. The van der Waals surface area contributed by atoms with E-state index in [9.17, 15) is 4.79 Å². The van der Waals surface area contributed by atoms with Gasteiger partial charge in [-0.05, 0) is 31.2 Å². The molecule has 4 aromatic rings. The summed E-state index contributed by atoms with van der Waals surface area (Å²) < 4.78 is 22.6. The second kappa shape index (κ2) is 7.75. The van der Waals surface area contributed by atoms with Crippen LogP contribution in [0.15, 0.2) is 59.0 Å². The van der Waals surface area contributed by atoms with Crippen molar-refractivity contribution >= 4 is 39.2 Å². The Labute approximate surface area is 178 Å².